The van der Waals surface area contributed by atoms with Crippen molar-refractivity contribution in [2.45, 2.75) is 83.0 Å². The lowest BCUT2D eigenvalue weighted by molar-refractivity contribution is -0.118. The van der Waals surface area contributed by atoms with Gasteiger partial charge in [-0.1, -0.05) is 19.4 Å². The summed E-state index contributed by atoms with van der Waals surface area (Å²) in [5.41, 5.74) is 0.785. The topological polar surface area (TPSA) is 49.8 Å². The third kappa shape index (κ3) is 1.44. The van der Waals surface area contributed by atoms with Crippen molar-refractivity contribution in [1.29, 1.82) is 0 Å². The fourth-order valence-corrected chi connectivity index (χ4v) is 7.24. The summed E-state index contributed by atoms with van der Waals surface area (Å²) >= 11 is 0. The van der Waals surface area contributed by atoms with Crippen molar-refractivity contribution in [3.05, 3.63) is 11.6 Å². The molecule has 126 valence electrons. The first kappa shape index (κ1) is 14.7. The Morgan fingerprint density at radius 1 is 1.13 bits per heavy atom. The van der Waals surface area contributed by atoms with Crippen LogP contribution in [0.4, 0.5) is 0 Å². The third-order valence-corrected chi connectivity index (χ3v) is 8.90. The van der Waals surface area contributed by atoms with Crippen LogP contribution >= 0.6 is 0 Å². The van der Waals surface area contributed by atoms with Crippen molar-refractivity contribution < 1.29 is 14.6 Å². The molecule has 1 spiro atoms. The van der Waals surface area contributed by atoms with Crippen LogP contribution in [0.2, 0.25) is 0 Å². The monoisotopic (exact) mass is 316 g/mol. The van der Waals surface area contributed by atoms with E-state index in [1.54, 1.807) is 0 Å². The van der Waals surface area contributed by atoms with Gasteiger partial charge in [0.2, 0.25) is 0 Å². The van der Waals surface area contributed by atoms with E-state index >= 15 is 0 Å². The minimum absolute atomic E-state index is 0.00953. The van der Waals surface area contributed by atoms with E-state index in [1.165, 1.54) is 5.57 Å². The first-order valence-electron chi connectivity index (χ1n) is 9.39. The van der Waals surface area contributed by atoms with Crippen molar-refractivity contribution in [2.75, 3.05) is 0 Å². The SMILES string of the molecule is C[C@]12CCC(=O)C=C1CCC1[C@@H]3CC[C@@](C)(O)[C@@]3(C)C[C@@H]3OC132. The van der Waals surface area contributed by atoms with Gasteiger partial charge in [-0.2, -0.15) is 0 Å². The largest absolute Gasteiger partial charge is 0.390 e. The molecule has 2 unspecified atom stereocenters. The number of aliphatic hydroxyl groups is 1. The second-order valence-corrected chi connectivity index (χ2v) is 9.55. The average molecular weight is 316 g/mol. The van der Waals surface area contributed by atoms with Gasteiger partial charge in [0, 0.05) is 17.3 Å². The molecule has 4 fully saturated rings. The maximum absolute atomic E-state index is 11.9. The Bertz CT molecular complexity index is 635. The van der Waals surface area contributed by atoms with Crippen LogP contribution in [-0.2, 0) is 9.53 Å². The number of ether oxygens (including phenoxy) is 1. The number of hydrogen-bond acceptors (Lipinski definition) is 3. The summed E-state index contributed by atoms with van der Waals surface area (Å²) in [6.45, 7) is 6.69. The van der Waals surface area contributed by atoms with Crippen LogP contribution in [0.15, 0.2) is 11.6 Å². The van der Waals surface area contributed by atoms with Gasteiger partial charge in [0.05, 0.1) is 11.7 Å². The molecule has 1 heterocycles. The van der Waals surface area contributed by atoms with Gasteiger partial charge in [0.15, 0.2) is 5.78 Å². The molecule has 0 radical (unpaired) electrons. The zero-order valence-electron chi connectivity index (χ0n) is 14.5. The standard InChI is InChI=1S/C20H28O3/c1-17-8-6-13(21)10-12(17)4-5-15-14-7-9-19(3,22)18(14,2)11-16-20(15,17)23-16/h10,14-16,22H,4-9,11H2,1-3H3/t14-,15?,16-,17-,18-,19+,20?/m0/s1. The highest BCUT2D eigenvalue weighted by molar-refractivity contribution is 5.91. The molecule has 3 nitrogen and oxygen atoms in total. The van der Waals surface area contributed by atoms with E-state index in [1.807, 2.05) is 13.0 Å². The van der Waals surface area contributed by atoms with Gasteiger partial charge < -0.3 is 9.84 Å². The Kier molecular flexibility index (Phi) is 2.51. The van der Waals surface area contributed by atoms with Gasteiger partial charge >= 0.3 is 0 Å². The smallest absolute Gasteiger partial charge is 0.155 e. The van der Waals surface area contributed by atoms with E-state index < -0.39 is 5.60 Å². The lowest BCUT2D eigenvalue weighted by atomic mass is 9.46. The van der Waals surface area contributed by atoms with E-state index in [-0.39, 0.29) is 22.5 Å². The number of carbonyl (C=O) groups excluding carboxylic acids is 1. The van der Waals surface area contributed by atoms with Crippen LogP contribution in [0.25, 0.3) is 0 Å². The Morgan fingerprint density at radius 3 is 2.70 bits per heavy atom. The number of epoxide rings is 1. The molecule has 4 aliphatic carbocycles. The van der Waals surface area contributed by atoms with E-state index in [2.05, 4.69) is 13.8 Å². The zero-order chi connectivity index (χ0) is 16.3. The molecule has 7 atom stereocenters. The Morgan fingerprint density at radius 2 is 1.91 bits per heavy atom. The number of hydrogen-bond donors (Lipinski definition) is 1. The van der Waals surface area contributed by atoms with Crippen molar-refractivity contribution in [3.8, 4) is 0 Å². The minimum Gasteiger partial charge on any atom is -0.390 e. The number of carbonyl (C=O) groups is 1. The predicted molar refractivity (Wildman–Crippen MR) is 86.8 cm³/mol. The van der Waals surface area contributed by atoms with Crippen molar-refractivity contribution in [1.82, 2.24) is 0 Å². The first-order chi connectivity index (χ1) is 10.7. The maximum atomic E-state index is 11.9. The summed E-state index contributed by atoms with van der Waals surface area (Å²) < 4.78 is 6.51. The molecule has 0 bridgehead atoms. The van der Waals surface area contributed by atoms with Crippen LogP contribution in [-0.4, -0.2) is 28.2 Å². The third-order valence-electron chi connectivity index (χ3n) is 8.90. The quantitative estimate of drug-likeness (QED) is 0.697. The average Bonchev–Trinajstić information content (AvgIpc) is 3.14. The van der Waals surface area contributed by atoms with Crippen LogP contribution < -0.4 is 0 Å². The predicted octanol–water partition coefficient (Wildman–Crippen LogP) is 3.40. The summed E-state index contributed by atoms with van der Waals surface area (Å²) in [6.07, 6.45) is 9.03. The molecule has 3 saturated carbocycles. The highest BCUT2D eigenvalue weighted by Crippen LogP contribution is 2.76. The molecule has 1 aliphatic heterocycles. The second kappa shape index (κ2) is 3.94. The van der Waals surface area contributed by atoms with Crippen molar-refractivity contribution in [2.24, 2.45) is 22.7 Å². The van der Waals surface area contributed by atoms with E-state index in [0.717, 1.165) is 38.5 Å². The van der Waals surface area contributed by atoms with Gasteiger partial charge in [0.25, 0.3) is 0 Å². The first-order valence-corrected chi connectivity index (χ1v) is 9.39. The van der Waals surface area contributed by atoms with Crippen LogP contribution in [0, 0.1) is 22.7 Å². The Labute approximate surface area is 138 Å². The Hall–Kier alpha value is -0.670. The maximum Gasteiger partial charge on any atom is 0.155 e. The highest BCUT2D eigenvalue weighted by Gasteiger charge is 2.80. The van der Waals surface area contributed by atoms with E-state index in [4.69, 9.17) is 4.74 Å². The molecule has 0 amide bonds. The zero-order valence-corrected chi connectivity index (χ0v) is 14.5. The van der Waals surface area contributed by atoms with Crippen LogP contribution in [0.5, 0.6) is 0 Å². The molecule has 1 saturated heterocycles. The molecular weight excluding hydrogens is 288 g/mol. The molecule has 0 aromatic heterocycles. The summed E-state index contributed by atoms with van der Waals surface area (Å²) in [4.78, 5) is 11.9. The minimum atomic E-state index is -0.560. The van der Waals surface area contributed by atoms with E-state index in [9.17, 15) is 9.90 Å². The highest BCUT2D eigenvalue weighted by atomic mass is 16.6. The van der Waals surface area contributed by atoms with Crippen LogP contribution in [0.3, 0.4) is 0 Å². The van der Waals surface area contributed by atoms with Crippen molar-refractivity contribution >= 4 is 5.78 Å². The van der Waals surface area contributed by atoms with Gasteiger partial charge in [-0.3, -0.25) is 4.79 Å². The van der Waals surface area contributed by atoms with Crippen LogP contribution in [0.1, 0.15) is 65.7 Å². The molecule has 5 aliphatic rings. The summed E-state index contributed by atoms with van der Waals surface area (Å²) in [6, 6.07) is 0. The Balaban J connectivity index is 1.60. The second-order valence-electron chi connectivity index (χ2n) is 9.55. The number of rotatable bonds is 0. The molecule has 5 rings (SSSR count). The summed E-state index contributed by atoms with van der Waals surface area (Å²) in [5, 5.41) is 11.0. The molecule has 23 heavy (non-hydrogen) atoms. The molecule has 0 aromatic carbocycles. The molecule has 0 aromatic rings. The molecule has 3 heteroatoms. The fourth-order valence-electron chi connectivity index (χ4n) is 7.24. The van der Waals surface area contributed by atoms with Gasteiger partial charge in [-0.15, -0.1) is 0 Å². The van der Waals surface area contributed by atoms with Gasteiger partial charge in [0.1, 0.15) is 5.60 Å². The normalized spacial score (nSPS) is 60.3. The molecular formula is C20H28O3. The van der Waals surface area contributed by atoms with E-state index in [0.29, 0.717) is 24.0 Å². The number of ketones is 1. The van der Waals surface area contributed by atoms with Gasteiger partial charge in [-0.05, 0) is 63.4 Å². The van der Waals surface area contributed by atoms with Gasteiger partial charge in [-0.25, -0.2) is 0 Å². The summed E-state index contributed by atoms with van der Waals surface area (Å²) in [5.74, 6) is 1.41. The lowest BCUT2D eigenvalue weighted by Gasteiger charge is -2.56. The van der Waals surface area contributed by atoms with Crippen molar-refractivity contribution in [3.63, 3.8) is 0 Å². The fraction of sp³-hybridized carbons (Fsp3) is 0.850. The summed E-state index contributed by atoms with van der Waals surface area (Å²) in [7, 11) is 0. The molecule has 1 N–H and O–H groups in total. The lowest BCUT2D eigenvalue weighted by Crippen LogP contribution is -2.59. The number of fused-ring (bicyclic) bond motifs is 3.